The molecular formula is C9H17NO2. The molecular weight excluding hydrogens is 154 g/mol. The summed E-state index contributed by atoms with van der Waals surface area (Å²) < 4.78 is 0.552. The van der Waals surface area contributed by atoms with Crippen molar-refractivity contribution in [3.8, 4) is 0 Å². The number of carboxylic acid groups (broad SMARTS) is 1. The SMILES string of the molecule is CCC(=C(C)C(=O)[O-])[N+](C)(C)C. The first kappa shape index (κ1) is 11.2. The number of nitrogens with zero attached hydrogens (tertiary/aromatic N) is 1. The number of allylic oxidation sites excluding steroid dienone is 1. The van der Waals surface area contributed by atoms with Crippen LogP contribution in [0, 0.1) is 0 Å². The van der Waals surface area contributed by atoms with Crippen molar-refractivity contribution in [3.05, 3.63) is 11.3 Å². The van der Waals surface area contributed by atoms with Crippen LogP contribution in [0.1, 0.15) is 20.3 Å². The first-order valence-corrected chi connectivity index (χ1v) is 4.03. The van der Waals surface area contributed by atoms with E-state index in [9.17, 15) is 9.90 Å². The predicted molar refractivity (Wildman–Crippen MR) is 46.0 cm³/mol. The minimum absolute atomic E-state index is 0.352. The third kappa shape index (κ3) is 2.66. The third-order valence-electron chi connectivity index (χ3n) is 1.88. The Bertz CT molecular complexity index is 211. The van der Waals surface area contributed by atoms with Crippen LogP contribution in [0.5, 0.6) is 0 Å². The van der Waals surface area contributed by atoms with Gasteiger partial charge in [-0.1, -0.05) is 6.92 Å². The molecule has 0 rings (SSSR count). The van der Waals surface area contributed by atoms with Gasteiger partial charge in [0.2, 0.25) is 0 Å². The summed E-state index contributed by atoms with van der Waals surface area (Å²) in [6.07, 6.45) is 0.739. The number of carboxylic acids is 1. The van der Waals surface area contributed by atoms with Crippen LogP contribution in [-0.2, 0) is 4.79 Å². The highest BCUT2D eigenvalue weighted by molar-refractivity contribution is 5.84. The fourth-order valence-corrected chi connectivity index (χ4v) is 1.36. The molecule has 0 aliphatic heterocycles. The van der Waals surface area contributed by atoms with Gasteiger partial charge in [-0.3, -0.25) is 0 Å². The first-order valence-electron chi connectivity index (χ1n) is 4.03. The van der Waals surface area contributed by atoms with Gasteiger partial charge in [0.1, 0.15) is 5.70 Å². The van der Waals surface area contributed by atoms with E-state index in [0.29, 0.717) is 10.1 Å². The molecule has 0 aromatic heterocycles. The van der Waals surface area contributed by atoms with Gasteiger partial charge in [0.25, 0.3) is 0 Å². The van der Waals surface area contributed by atoms with Gasteiger partial charge in [0, 0.05) is 12.0 Å². The average molecular weight is 171 g/mol. The van der Waals surface area contributed by atoms with Crippen molar-refractivity contribution in [2.75, 3.05) is 21.1 Å². The molecule has 0 unspecified atom stereocenters. The van der Waals surface area contributed by atoms with E-state index in [1.165, 1.54) is 0 Å². The summed E-state index contributed by atoms with van der Waals surface area (Å²) in [5, 5.41) is 10.6. The van der Waals surface area contributed by atoms with Crippen LogP contribution in [-0.4, -0.2) is 31.6 Å². The molecule has 0 N–H and O–H groups in total. The van der Waals surface area contributed by atoms with E-state index in [-0.39, 0.29) is 0 Å². The maximum atomic E-state index is 10.6. The van der Waals surface area contributed by atoms with Crippen LogP contribution in [0.4, 0.5) is 0 Å². The zero-order valence-corrected chi connectivity index (χ0v) is 8.47. The molecule has 0 bridgehead atoms. The topological polar surface area (TPSA) is 40.1 Å². The Kier molecular flexibility index (Phi) is 3.46. The Morgan fingerprint density at radius 1 is 1.33 bits per heavy atom. The number of carbonyl (C=O) groups is 1. The minimum atomic E-state index is -1.07. The van der Waals surface area contributed by atoms with Crippen molar-refractivity contribution in [3.63, 3.8) is 0 Å². The van der Waals surface area contributed by atoms with Gasteiger partial charge in [-0.25, -0.2) is 0 Å². The third-order valence-corrected chi connectivity index (χ3v) is 1.88. The van der Waals surface area contributed by atoms with E-state index in [1.54, 1.807) is 6.92 Å². The van der Waals surface area contributed by atoms with Gasteiger partial charge in [-0.2, -0.15) is 0 Å². The lowest BCUT2D eigenvalue weighted by Gasteiger charge is -2.28. The van der Waals surface area contributed by atoms with Crippen molar-refractivity contribution >= 4 is 5.97 Å². The molecule has 0 aromatic carbocycles. The second kappa shape index (κ2) is 3.72. The first-order chi connectivity index (χ1) is 5.30. The zero-order valence-electron chi connectivity index (χ0n) is 8.47. The summed E-state index contributed by atoms with van der Waals surface area (Å²) in [5.74, 6) is -1.07. The van der Waals surface area contributed by atoms with Gasteiger partial charge in [-0.05, 0) is 6.92 Å². The molecule has 0 spiro atoms. The zero-order chi connectivity index (χ0) is 9.94. The molecule has 0 atom stereocenters. The molecule has 0 saturated carbocycles. The van der Waals surface area contributed by atoms with E-state index >= 15 is 0 Å². The summed E-state index contributed by atoms with van der Waals surface area (Å²) in [7, 11) is 5.85. The van der Waals surface area contributed by atoms with Crippen LogP contribution in [0.25, 0.3) is 0 Å². The smallest absolute Gasteiger partial charge is 0.113 e. The highest BCUT2D eigenvalue weighted by atomic mass is 16.4. The highest BCUT2D eigenvalue weighted by Gasteiger charge is 2.17. The van der Waals surface area contributed by atoms with Crippen molar-refractivity contribution in [2.24, 2.45) is 0 Å². The van der Waals surface area contributed by atoms with Crippen molar-refractivity contribution in [1.29, 1.82) is 0 Å². The largest absolute Gasteiger partial charge is 0.545 e. The Morgan fingerprint density at radius 3 is 1.83 bits per heavy atom. The quantitative estimate of drug-likeness (QED) is 0.447. The maximum Gasteiger partial charge on any atom is 0.113 e. The van der Waals surface area contributed by atoms with Gasteiger partial charge < -0.3 is 14.4 Å². The Morgan fingerprint density at radius 2 is 1.75 bits per heavy atom. The number of hydrogen-bond acceptors (Lipinski definition) is 2. The summed E-state index contributed by atoms with van der Waals surface area (Å²) in [5.41, 5.74) is 1.25. The number of quaternary nitrogens is 1. The van der Waals surface area contributed by atoms with Crippen molar-refractivity contribution in [2.45, 2.75) is 20.3 Å². The number of carbonyl (C=O) groups excluding carboxylic acids is 1. The predicted octanol–water partition coefficient (Wildman–Crippen LogP) is 0.126. The van der Waals surface area contributed by atoms with E-state index in [1.807, 2.05) is 28.1 Å². The van der Waals surface area contributed by atoms with Gasteiger partial charge in [0.15, 0.2) is 0 Å². The molecule has 12 heavy (non-hydrogen) atoms. The van der Waals surface area contributed by atoms with E-state index < -0.39 is 5.97 Å². The lowest BCUT2D eigenvalue weighted by molar-refractivity contribution is -0.833. The van der Waals surface area contributed by atoms with E-state index in [0.717, 1.165) is 12.1 Å². The number of hydrogen-bond donors (Lipinski definition) is 0. The Balaban J connectivity index is 5.01. The molecule has 0 radical (unpaired) electrons. The van der Waals surface area contributed by atoms with Crippen LogP contribution in [0.3, 0.4) is 0 Å². The van der Waals surface area contributed by atoms with Crippen molar-refractivity contribution in [1.82, 2.24) is 0 Å². The van der Waals surface area contributed by atoms with E-state index in [4.69, 9.17) is 0 Å². The molecule has 0 aliphatic rings. The molecule has 0 aromatic rings. The molecule has 0 aliphatic carbocycles. The second-order valence-electron chi connectivity index (χ2n) is 3.73. The molecule has 3 nitrogen and oxygen atoms in total. The number of rotatable bonds is 3. The number of aliphatic carboxylic acids is 1. The highest BCUT2D eigenvalue weighted by Crippen LogP contribution is 2.16. The Hall–Kier alpha value is -0.830. The maximum absolute atomic E-state index is 10.6. The standard InChI is InChI=1S/C9H17NO2/c1-6-8(10(3,4)5)7(2)9(11)12/h6H2,1-5H3. The van der Waals surface area contributed by atoms with Crippen LogP contribution >= 0.6 is 0 Å². The minimum Gasteiger partial charge on any atom is -0.545 e. The van der Waals surface area contributed by atoms with Gasteiger partial charge >= 0.3 is 0 Å². The van der Waals surface area contributed by atoms with Crippen LogP contribution < -0.4 is 5.11 Å². The summed E-state index contributed by atoms with van der Waals surface area (Å²) in [6.45, 7) is 3.54. The lowest BCUT2D eigenvalue weighted by Crippen LogP contribution is -2.37. The fourth-order valence-electron chi connectivity index (χ4n) is 1.36. The monoisotopic (exact) mass is 171 g/mol. The van der Waals surface area contributed by atoms with Crippen molar-refractivity contribution < 1.29 is 14.4 Å². The normalized spacial score (nSPS) is 14.1. The molecule has 0 amide bonds. The van der Waals surface area contributed by atoms with Gasteiger partial charge in [-0.15, -0.1) is 0 Å². The van der Waals surface area contributed by atoms with Crippen LogP contribution in [0.2, 0.25) is 0 Å². The van der Waals surface area contributed by atoms with E-state index in [2.05, 4.69) is 0 Å². The Labute approximate surface area is 73.9 Å². The average Bonchev–Trinajstić information content (AvgIpc) is 1.85. The van der Waals surface area contributed by atoms with Crippen LogP contribution in [0.15, 0.2) is 11.3 Å². The molecule has 0 saturated heterocycles. The second-order valence-corrected chi connectivity index (χ2v) is 3.73. The fraction of sp³-hybridized carbons (Fsp3) is 0.667. The summed E-state index contributed by atoms with van der Waals surface area (Å²) in [6, 6.07) is 0. The summed E-state index contributed by atoms with van der Waals surface area (Å²) >= 11 is 0. The summed E-state index contributed by atoms with van der Waals surface area (Å²) in [4.78, 5) is 10.6. The van der Waals surface area contributed by atoms with Gasteiger partial charge in [0.05, 0.1) is 27.1 Å². The molecule has 70 valence electrons. The lowest BCUT2D eigenvalue weighted by atomic mass is 10.1. The molecule has 3 heteroatoms. The molecule has 0 heterocycles. The molecule has 0 fully saturated rings.